The van der Waals surface area contributed by atoms with E-state index in [1.54, 1.807) is 11.1 Å². The zero-order valence-electron chi connectivity index (χ0n) is 19.7. The number of likely N-dealkylation sites (tertiary alicyclic amines) is 1. The molecule has 0 saturated carbocycles. The highest BCUT2D eigenvalue weighted by molar-refractivity contribution is 5.83. The van der Waals surface area contributed by atoms with Gasteiger partial charge in [0.25, 0.3) is 0 Å². The van der Waals surface area contributed by atoms with Gasteiger partial charge in [-0.25, -0.2) is 4.98 Å². The lowest BCUT2D eigenvalue weighted by Gasteiger charge is -2.32. The third-order valence-electron chi connectivity index (χ3n) is 5.71. The molecule has 0 radical (unpaired) electrons. The van der Waals surface area contributed by atoms with Crippen LogP contribution in [-0.2, 0) is 16.0 Å². The molecule has 9 heteroatoms. The van der Waals surface area contributed by atoms with Crippen LogP contribution in [0.15, 0.2) is 30.5 Å². The number of piperidine rings is 1. The number of carbonyl (C=O) groups excluding carboxylic acids is 2. The highest BCUT2D eigenvalue weighted by Crippen LogP contribution is 2.24. The predicted octanol–water partition coefficient (Wildman–Crippen LogP) is 1.99. The summed E-state index contributed by atoms with van der Waals surface area (Å²) in [5.74, 6) is 1.08. The first kappa shape index (κ1) is 24.6. The fourth-order valence-electron chi connectivity index (χ4n) is 3.82. The maximum Gasteiger partial charge on any atom is 0.248 e. The zero-order chi connectivity index (χ0) is 23.8. The van der Waals surface area contributed by atoms with Crippen LogP contribution < -0.4 is 10.6 Å². The number of nitrogens with one attached hydrogen (secondary N) is 2. The molecule has 1 aliphatic rings. The molecular formula is C24H34N6O3. The first-order valence-electron chi connectivity index (χ1n) is 11.4. The van der Waals surface area contributed by atoms with Gasteiger partial charge < -0.3 is 25.5 Å². The van der Waals surface area contributed by atoms with Crippen molar-refractivity contribution in [2.24, 2.45) is 0 Å². The molecule has 1 amide bonds. The van der Waals surface area contributed by atoms with Gasteiger partial charge in [-0.05, 0) is 45.5 Å². The van der Waals surface area contributed by atoms with Gasteiger partial charge in [-0.2, -0.15) is 4.98 Å². The molecule has 3 N–H and O–H groups in total. The lowest BCUT2D eigenvalue weighted by Crippen LogP contribution is -2.46. The molecule has 1 fully saturated rings. The summed E-state index contributed by atoms with van der Waals surface area (Å²) < 4.78 is 0. The number of nitrogens with zero attached hydrogens (tertiary/aromatic N) is 4. The van der Waals surface area contributed by atoms with Gasteiger partial charge in [0.1, 0.15) is 18.2 Å². The molecule has 0 bridgehead atoms. The Bertz CT molecular complexity index is 965. The standard InChI is InChI=1S/C24H34N6O3/c1-17-14-25-24(26-19-8-6-11-30(15-19)22(33)16-31)28-23(17)27-21-9-5-4-7-18(21)13-20(32)10-12-29(2)3/h4-5,7,9,14,19,31H,6,8,10-13,15-16H2,1-3H3,(H2,25,26,27,28)/t19-/m0/s1. The van der Waals surface area contributed by atoms with E-state index in [1.165, 1.54) is 0 Å². The van der Waals surface area contributed by atoms with Gasteiger partial charge in [-0.15, -0.1) is 0 Å². The number of aryl methyl sites for hydroxylation is 1. The molecule has 1 atom stereocenters. The van der Waals surface area contributed by atoms with Gasteiger partial charge in [0.05, 0.1) is 0 Å². The van der Waals surface area contributed by atoms with E-state index >= 15 is 0 Å². The molecular weight excluding hydrogens is 420 g/mol. The molecule has 1 aromatic carbocycles. The van der Waals surface area contributed by atoms with Crippen molar-refractivity contribution >= 4 is 29.1 Å². The van der Waals surface area contributed by atoms with Crippen molar-refractivity contribution in [3.8, 4) is 0 Å². The third kappa shape index (κ3) is 7.23. The van der Waals surface area contributed by atoms with Crippen LogP contribution in [0.2, 0.25) is 0 Å². The lowest BCUT2D eigenvalue weighted by molar-refractivity contribution is -0.135. The minimum atomic E-state index is -0.473. The number of rotatable bonds is 10. The highest BCUT2D eigenvalue weighted by atomic mass is 16.3. The van der Waals surface area contributed by atoms with Crippen LogP contribution in [0.25, 0.3) is 0 Å². The fraction of sp³-hybridized carbons (Fsp3) is 0.500. The van der Waals surface area contributed by atoms with Crippen LogP contribution in [0, 0.1) is 6.92 Å². The number of hydrogen-bond acceptors (Lipinski definition) is 8. The molecule has 178 valence electrons. The summed E-state index contributed by atoms with van der Waals surface area (Å²) in [5, 5.41) is 15.8. The SMILES string of the molecule is Cc1cnc(N[C@H]2CCCN(C(=O)CO)C2)nc1Nc1ccccc1CC(=O)CCN(C)C. The number of para-hydroxylation sites is 1. The summed E-state index contributed by atoms with van der Waals surface area (Å²) >= 11 is 0. The second kappa shape index (κ2) is 11.7. The van der Waals surface area contributed by atoms with E-state index in [1.807, 2.05) is 50.2 Å². The predicted molar refractivity (Wildman–Crippen MR) is 129 cm³/mol. The van der Waals surface area contributed by atoms with E-state index in [9.17, 15) is 9.59 Å². The number of aliphatic hydroxyl groups excluding tert-OH is 1. The van der Waals surface area contributed by atoms with Gasteiger partial charge in [0.2, 0.25) is 11.9 Å². The number of Topliss-reactive ketones (excluding diaryl/α,β-unsaturated/α-hetero) is 1. The van der Waals surface area contributed by atoms with E-state index in [-0.39, 0.29) is 17.7 Å². The van der Waals surface area contributed by atoms with Crippen LogP contribution in [0.4, 0.5) is 17.5 Å². The summed E-state index contributed by atoms with van der Waals surface area (Å²) in [6, 6.07) is 7.79. The molecule has 1 aliphatic heterocycles. The first-order chi connectivity index (χ1) is 15.9. The molecule has 2 heterocycles. The maximum absolute atomic E-state index is 12.4. The maximum atomic E-state index is 12.4. The number of ketones is 1. The van der Waals surface area contributed by atoms with Crippen molar-refractivity contribution in [1.29, 1.82) is 0 Å². The minimum absolute atomic E-state index is 0.0198. The van der Waals surface area contributed by atoms with E-state index in [0.717, 1.165) is 36.2 Å². The van der Waals surface area contributed by atoms with Crippen molar-refractivity contribution in [2.75, 3.05) is 51.0 Å². The van der Waals surface area contributed by atoms with E-state index in [0.29, 0.717) is 37.7 Å². The van der Waals surface area contributed by atoms with E-state index in [4.69, 9.17) is 5.11 Å². The smallest absolute Gasteiger partial charge is 0.248 e. The molecule has 9 nitrogen and oxygen atoms in total. The molecule has 1 saturated heterocycles. The number of carbonyl (C=O) groups is 2. The van der Waals surface area contributed by atoms with Crippen molar-refractivity contribution < 1.29 is 14.7 Å². The Labute approximate surface area is 195 Å². The molecule has 0 aliphatic carbocycles. The first-order valence-corrected chi connectivity index (χ1v) is 11.4. The van der Waals surface area contributed by atoms with Gasteiger partial charge in [-0.3, -0.25) is 9.59 Å². The molecule has 33 heavy (non-hydrogen) atoms. The van der Waals surface area contributed by atoms with E-state index in [2.05, 4.69) is 20.6 Å². The monoisotopic (exact) mass is 454 g/mol. The highest BCUT2D eigenvalue weighted by Gasteiger charge is 2.23. The topological polar surface area (TPSA) is 111 Å². The van der Waals surface area contributed by atoms with Crippen LogP contribution in [0.1, 0.15) is 30.4 Å². The van der Waals surface area contributed by atoms with Crippen molar-refractivity contribution in [1.82, 2.24) is 19.8 Å². The Morgan fingerprint density at radius 1 is 1.27 bits per heavy atom. The summed E-state index contributed by atoms with van der Waals surface area (Å²) in [7, 11) is 3.92. The normalized spacial score (nSPS) is 16.0. The Morgan fingerprint density at radius 3 is 2.82 bits per heavy atom. The molecule has 2 aromatic rings. The Kier molecular flexibility index (Phi) is 8.73. The van der Waals surface area contributed by atoms with Crippen molar-refractivity contribution in [3.63, 3.8) is 0 Å². The number of hydrogen-bond donors (Lipinski definition) is 3. The van der Waals surface area contributed by atoms with Gasteiger partial charge in [-0.1, -0.05) is 18.2 Å². The molecule has 1 aromatic heterocycles. The Hall–Kier alpha value is -3.04. The summed E-state index contributed by atoms with van der Waals surface area (Å²) in [5.41, 5.74) is 2.66. The second-order valence-corrected chi connectivity index (χ2v) is 8.76. The van der Waals surface area contributed by atoms with Crippen LogP contribution in [0.3, 0.4) is 0 Å². The van der Waals surface area contributed by atoms with Gasteiger partial charge in [0.15, 0.2) is 0 Å². The quantitative estimate of drug-likeness (QED) is 0.500. The lowest BCUT2D eigenvalue weighted by atomic mass is 10.0. The van der Waals surface area contributed by atoms with Gasteiger partial charge >= 0.3 is 0 Å². The second-order valence-electron chi connectivity index (χ2n) is 8.76. The number of aromatic nitrogens is 2. The van der Waals surface area contributed by atoms with Crippen molar-refractivity contribution in [2.45, 2.75) is 38.6 Å². The summed E-state index contributed by atoms with van der Waals surface area (Å²) in [6.07, 6.45) is 4.38. The largest absolute Gasteiger partial charge is 0.387 e. The van der Waals surface area contributed by atoms with Gasteiger partial charge in [0, 0.05) is 56.0 Å². The third-order valence-corrected chi connectivity index (χ3v) is 5.71. The minimum Gasteiger partial charge on any atom is -0.387 e. The summed E-state index contributed by atoms with van der Waals surface area (Å²) in [4.78, 5) is 37.0. The molecule has 0 unspecified atom stereocenters. The average molecular weight is 455 g/mol. The van der Waals surface area contributed by atoms with Crippen LogP contribution >= 0.6 is 0 Å². The van der Waals surface area contributed by atoms with Crippen LogP contribution in [0.5, 0.6) is 0 Å². The Morgan fingerprint density at radius 2 is 2.06 bits per heavy atom. The van der Waals surface area contributed by atoms with Crippen molar-refractivity contribution in [3.05, 3.63) is 41.6 Å². The fourth-order valence-corrected chi connectivity index (χ4v) is 3.82. The molecule has 0 spiro atoms. The Balaban J connectivity index is 1.69. The molecule has 3 rings (SSSR count). The zero-order valence-corrected chi connectivity index (χ0v) is 19.7. The number of amides is 1. The average Bonchev–Trinajstić information content (AvgIpc) is 2.80. The van der Waals surface area contributed by atoms with E-state index < -0.39 is 6.61 Å². The number of aliphatic hydroxyl groups is 1. The number of anilines is 3. The number of benzene rings is 1. The van der Waals surface area contributed by atoms with Crippen LogP contribution in [-0.4, -0.2) is 82.9 Å². The summed E-state index contributed by atoms with van der Waals surface area (Å²) in [6.45, 7) is 3.36.